The van der Waals surface area contributed by atoms with Gasteiger partial charge >= 0.3 is 0 Å². The number of ether oxygens (including phenoxy) is 1. The van der Waals surface area contributed by atoms with Crippen molar-refractivity contribution in [1.82, 2.24) is 9.80 Å². The molecule has 0 N–H and O–H groups in total. The van der Waals surface area contributed by atoms with E-state index < -0.39 is 0 Å². The summed E-state index contributed by atoms with van der Waals surface area (Å²) in [5.74, 6) is 0.768. The number of piperidine rings is 1. The van der Waals surface area contributed by atoms with Crippen molar-refractivity contribution < 1.29 is 13.9 Å². The second-order valence-corrected chi connectivity index (χ2v) is 5.39. The zero-order chi connectivity index (χ0) is 13.4. The SMILES string of the molecule is Cc1occc1C(=O)N1CC[C@H]2OCCN(C)[C@@H]2C1. The predicted octanol–water partition coefficient (Wildman–Crippen LogP) is 1.13. The number of furan rings is 1. The van der Waals surface area contributed by atoms with Crippen molar-refractivity contribution >= 4 is 5.91 Å². The molecule has 2 aliphatic rings. The Balaban J connectivity index is 1.73. The van der Waals surface area contributed by atoms with Crippen LogP contribution in [0.3, 0.4) is 0 Å². The fourth-order valence-corrected chi connectivity index (χ4v) is 3.00. The van der Waals surface area contributed by atoms with Gasteiger partial charge in [-0.2, -0.15) is 0 Å². The van der Waals surface area contributed by atoms with Gasteiger partial charge in [-0.15, -0.1) is 0 Å². The van der Waals surface area contributed by atoms with E-state index >= 15 is 0 Å². The first-order chi connectivity index (χ1) is 9.16. The summed E-state index contributed by atoms with van der Waals surface area (Å²) in [7, 11) is 2.11. The highest BCUT2D eigenvalue weighted by molar-refractivity contribution is 5.95. The minimum atomic E-state index is 0.0728. The molecule has 0 aliphatic carbocycles. The lowest BCUT2D eigenvalue weighted by atomic mass is 9.98. The fraction of sp³-hybridized carbons (Fsp3) is 0.643. The number of likely N-dealkylation sites (N-methyl/N-ethyl adjacent to an activating group) is 1. The van der Waals surface area contributed by atoms with Crippen molar-refractivity contribution in [2.75, 3.05) is 33.3 Å². The molecule has 3 rings (SSSR count). The molecule has 2 saturated heterocycles. The third-order valence-electron chi connectivity index (χ3n) is 4.24. The number of rotatable bonds is 1. The van der Waals surface area contributed by atoms with Gasteiger partial charge in [0.15, 0.2) is 0 Å². The monoisotopic (exact) mass is 264 g/mol. The number of hydrogen-bond acceptors (Lipinski definition) is 4. The predicted molar refractivity (Wildman–Crippen MR) is 70.1 cm³/mol. The number of amides is 1. The summed E-state index contributed by atoms with van der Waals surface area (Å²) in [6.45, 7) is 5.07. The third-order valence-corrected chi connectivity index (χ3v) is 4.24. The average molecular weight is 264 g/mol. The number of likely N-dealkylation sites (tertiary alicyclic amines) is 1. The summed E-state index contributed by atoms with van der Waals surface area (Å²) >= 11 is 0. The zero-order valence-electron chi connectivity index (χ0n) is 11.5. The van der Waals surface area contributed by atoms with Gasteiger partial charge in [0.1, 0.15) is 5.76 Å². The lowest BCUT2D eigenvalue weighted by molar-refractivity contribution is -0.0893. The summed E-state index contributed by atoms with van der Waals surface area (Å²) in [6, 6.07) is 2.07. The molecule has 0 spiro atoms. The Labute approximate surface area is 113 Å². The number of nitrogens with zero attached hydrogens (tertiary/aromatic N) is 2. The molecule has 5 nitrogen and oxygen atoms in total. The first-order valence-corrected chi connectivity index (χ1v) is 6.82. The van der Waals surface area contributed by atoms with Crippen LogP contribution in [0.25, 0.3) is 0 Å². The first kappa shape index (κ1) is 12.7. The molecule has 0 saturated carbocycles. The Hall–Kier alpha value is -1.33. The maximum atomic E-state index is 12.5. The molecule has 1 aromatic heterocycles. The van der Waals surface area contributed by atoms with Crippen LogP contribution in [0.4, 0.5) is 0 Å². The van der Waals surface area contributed by atoms with E-state index in [1.807, 2.05) is 11.8 Å². The summed E-state index contributed by atoms with van der Waals surface area (Å²) in [4.78, 5) is 16.7. The van der Waals surface area contributed by atoms with Gasteiger partial charge in [-0.1, -0.05) is 0 Å². The van der Waals surface area contributed by atoms with Gasteiger partial charge in [-0.3, -0.25) is 9.69 Å². The second kappa shape index (κ2) is 4.98. The molecular weight excluding hydrogens is 244 g/mol. The van der Waals surface area contributed by atoms with Gasteiger partial charge in [0.05, 0.1) is 30.6 Å². The van der Waals surface area contributed by atoms with Crippen molar-refractivity contribution in [3.05, 3.63) is 23.7 Å². The normalized spacial score (nSPS) is 28.2. The summed E-state index contributed by atoms with van der Waals surface area (Å²) < 4.78 is 11.0. The number of fused-ring (bicyclic) bond motifs is 1. The molecule has 2 aliphatic heterocycles. The van der Waals surface area contributed by atoms with E-state index in [-0.39, 0.29) is 12.0 Å². The van der Waals surface area contributed by atoms with Crippen molar-refractivity contribution in [3.8, 4) is 0 Å². The van der Waals surface area contributed by atoms with Crippen LogP contribution < -0.4 is 0 Å². The number of aryl methyl sites for hydroxylation is 1. The van der Waals surface area contributed by atoms with Crippen LogP contribution in [0.2, 0.25) is 0 Å². The highest BCUT2D eigenvalue weighted by Crippen LogP contribution is 2.23. The molecule has 0 aromatic carbocycles. The van der Waals surface area contributed by atoms with Crippen molar-refractivity contribution in [1.29, 1.82) is 0 Å². The number of hydrogen-bond donors (Lipinski definition) is 0. The number of carbonyl (C=O) groups is 1. The minimum Gasteiger partial charge on any atom is -0.469 e. The van der Waals surface area contributed by atoms with Gasteiger partial charge in [-0.05, 0) is 26.5 Å². The Morgan fingerprint density at radius 3 is 3.00 bits per heavy atom. The number of carbonyl (C=O) groups excluding carboxylic acids is 1. The van der Waals surface area contributed by atoms with E-state index in [4.69, 9.17) is 9.15 Å². The van der Waals surface area contributed by atoms with Crippen molar-refractivity contribution in [3.63, 3.8) is 0 Å². The molecule has 19 heavy (non-hydrogen) atoms. The van der Waals surface area contributed by atoms with Gasteiger partial charge in [-0.25, -0.2) is 0 Å². The highest BCUT2D eigenvalue weighted by Gasteiger charge is 2.37. The Bertz CT molecular complexity index is 471. The summed E-state index contributed by atoms with van der Waals surface area (Å²) in [5, 5.41) is 0. The zero-order valence-corrected chi connectivity index (χ0v) is 11.5. The molecule has 5 heteroatoms. The van der Waals surface area contributed by atoms with Crippen LogP contribution in [0.5, 0.6) is 0 Å². The van der Waals surface area contributed by atoms with Gasteiger partial charge in [0.2, 0.25) is 0 Å². The lowest BCUT2D eigenvalue weighted by Crippen LogP contribution is -2.59. The smallest absolute Gasteiger partial charge is 0.257 e. The van der Waals surface area contributed by atoms with E-state index in [1.165, 1.54) is 0 Å². The first-order valence-electron chi connectivity index (χ1n) is 6.82. The fourth-order valence-electron chi connectivity index (χ4n) is 3.00. The maximum absolute atomic E-state index is 12.5. The Morgan fingerprint density at radius 1 is 1.42 bits per heavy atom. The van der Waals surface area contributed by atoms with E-state index in [2.05, 4.69) is 11.9 Å². The largest absolute Gasteiger partial charge is 0.469 e. The molecule has 0 radical (unpaired) electrons. The summed E-state index contributed by atoms with van der Waals surface area (Å²) in [6.07, 6.45) is 2.76. The van der Waals surface area contributed by atoms with Crippen LogP contribution in [-0.2, 0) is 4.74 Å². The molecule has 1 amide bonds. The quantitative estimate of drug-likeness (QED) is 0.763. The number of morpholine rings is 1. The van der Waals surface area contributed by atoms with Gasteiger partial charge in [0.25, 0.3) is 5.91 Å². The van der Waals surface area contributed by atoms with Crippen LogP contribution >= 0.6 is 0 Å². The van der Waals surface area contributed by atoms with E-state index in [0.29, 0.717) is 17.4 Å². The third kappa shape index (κ3) is 2.28. The van der Waals surface area contributed by atoms with Crippen molar-refractivity contribution in [2.45, 2.75) is 25.5 Å². The molecule has 1 aromatic rings. The summed E-state index contributed by atoms with van der Waals surface area (Å²) in [5.41, 5.74) is 0.679. The highest BCUT2D eigenvalue weighted by atomic mass is 16.5. The van der Waals surface area contributed by atoms with E-state index in [1.54, 1.807) is 12.3 Å². The lowest BCUT2D eigenvalue weighted by Gasteiger charge is -2.45. The molecule has 2 atom stereocenters. The standard InChI is InChI=1S/C14H20N2O3/c1-10-11(4-7-18-10)14(17)16-5-3-13-12(9-16)15(2)6-8-19-13/h4,7,12-13H,3,5-6,8-9H2,1-2H3/t12-,13-/m1/s1. The molecule has 104 valence electrons. The second-order valence-electron chi connectivity index (χ2n) is 5.39. The molecular formula is C14H20N2O3. The topological polar surface area (TPSA) is 45.9 Å². The van der Waals surface area contributed by atoms with E-state index in [9.17, 15) is 4.79 Å². The molecule has 0 unspecified atom stereocenters. The van der Waals surface area contributed by atoms with E-state index in [0.717, 1.165) is 32.7 Å². The van der Waals surface area contributed by atoms with Gasteiger partial charge < -0.3 is 14.1 Å². The van der Waals surface area contributed by atoms with Crippen LogP contribution in [0.15, 0.2) is 16.7 Å². The molecule has 3 heterocycles. The van der Waals surface area contributed by atoms with Crippen LogP contribution in [0.1, 0.15) is 22.5 Å². The van der Waals surface area contributed by atoms with Crippen LogP contribution in [-0.4, -0.2) is 61.1 Å². The Morgan fingerprint density at radius 2 is 2.26 bits per heavy atom. The van der Waals surface area contributed by atoms with Crippen LogP contribution in [0, 0.1) is 6.92 Å². The average Bonchev–Trinajstić information content (AvgIpc) is 2.84. The Kier molecular flexibility index (Phi) is 3.33. The maximum Gasteiger partial charge on any atom is 0.257 e. The minimum absolute atomic E-state index is 0.0728. The molecule has 2 fully saturated rings. The van der Waals surface area contributed by atoms with Crippen molar-refractivity contribution in [2.24, 2.45) is 0 Å². The van der Waals surface area contributed by atoms with Gasteiger partial charge in [0, 0.05) is 19.6 Å². The molecule has 0 bridgehead atoms.